The van der Waals surface area contributed by atoms with Gasteiger partial charge in [0.15, 0.2) is 6.61 Å². The molecule has 0 aliphatic rings. The number of nitrogens with zero attached hydrogens (tertiary/aromatic N) is 3. The number of halogens is 1. The molecule has 2 aromatic carbocycles. The topological polar surface area (TPSA) is 79.4 Å². The predicted molar refractivity (Wildman–Crippen MR) is 113 cm³/mol. The first-order chi connectivity index (χ1) is 14.0. The van der Waals surface area contributed by atoms with Gasteiger partial charge in [-0.2, -0.15) is 10.4 Å². The molecule has 0 saturated heterocycles. The normalized spacial score (nSPS) is 10.7. The SMILES string of the molecule is Cc1cc(/C=N/NC(=O)COc2ccc(C#N)cc2)c(C)n1-c1ccc(Cl)cc1. The molecular formula is C22H19ClN4O2. The number of nitriles is 1. The molecule has 1 N–H and O–H groups in total. The van der Waals surface area contributed by atoms with Gasteiger partial charge in [0.1, 0.15) is 5.75 Å². The van der Waals surface area contributed by atoms with Crippen molar-refractivity contribution in [1.82, 2.24) is 9.99 Å². The van der Waals surface area contributed by atoms with Gasteiger partial charge in [0.25, 0.3) is 5.91 Å². The summed E-state index contributed by atoms with van der Waals surface area (Å²) in [6.45, 7) is 3.81. The van der Waals surface area contributed by atoms with Crippen molar-refractivity contribution in [3.8, 4) is 17.5 Å². The molecule has 1 amide bonds. The van der Waals surface area contributed by atoms with E-state index in [1.807, 2.05) is 50.2 Å². The molecule has 6 nitrogen and oxygen atoms in total. The zero-order valence-electron chi connectivity index (χ0n) is 16.0. The minimum atomic E-state index is -0.378. The van der Waals surface area contributed by atoms with E-state index in [2.05, 4.69) is 15.1 Å². The van der Waals surface area contributed by atoms with E-state index in [1.165, 1.54) is 0 Å². The zero-order valence-corrected chi connectivity index (χ0v) is 16.8. The standard InChI is InChI=1S/C22H19ClN4O2/c1-15-11-18(16(2)27(15)20-7-5-19(23)6-8-20)13-25-26-22(28)14-29-21-9-3-17(12-24)4-10-21/h3-11,13H,14H2,1-2H3,(H,26,28)/b25-13+. The molecule has 0 aliphatic heterocycles. The Morgan fingerprint density at radius 1 is 1.21 bits per heavy atom. The van der Waals surface area contributed by atoms with E-state index >= 15 is 0 Å². The molecule has 7 heteroatoms. The maximum absolute atomic E-state index is 11.9. The van der Waals surface area contributed by atoms with Gasteiger partial charge < -0.3 is 9.30 Å². The number of hydrogen-bond acceptors (Lipinski definition) is 4. The summed E-state index contributed by atoms with van der Waals surface area (Å²) in [6, 6.07) is 18.1. The molecule has 29 heavy (non-hydrogen) atoms. The molecule has 0 atom stereocenters. The van der Waals surface area contributed by atoms with Crippen LogP contribution in [-0.4, -0.2) is 23.3 Å². The molecule has 1 aromatic heterocycles. The van der Waals surface area contributed by atoms with E-state index in [1.54, 1.807) is 30.5 Å². The van der Waals surface area contributed by atoms with Crippen molar-refractivity contribution in [2.75, 3.05) is 6.61 Å². The molecule has 0 radical (unpaired) electrons. The second-order valence-electron chi connectivity index (χ2n) is 6.36. The minimum Gasteiger partial charge on any atom is -0.484 e. The first-order valence-corrected chi connectivity index (χ1v) is 9.25. The number of hydrazone groups is 1. The number of carbonyl (C=O) groups is 1. The Labute approximate surface area is 174 Å². The Kier molecular flexibility index (Phi) is 6.32. The number of ether oxygens (including phenoxy) is 1. The van der Waals surface area contributed by atoms with Gasteiger partial charge in [-0.15, -0.1) is 0 Å². The van der Waals surface area contributed by atoms with Gasteiger partial charge >= 0.3 is 0 Å². The highest BCUT2D eigenvalue weighted by Gasteiger charge is 2.09. The lowest BCUT2D eigenvalue weighted by atomic mass is 10.2. The summed E-state index contributed by atoms with van der Waals surface area (Å²) in [7, 11) is 0. The Hall–Kier alpha value is -3.56. The maximum Gasteiger partial charge on any atom is 0.277 e. The number of amides is 1. The molecule has 0 unspecified atom stereocenters. The van der Waals surface area contributed by atoms with Crippen LogP contribution in [0.1, 0.15) is 22.5 Å². The van der Waals surface area contributed by atoms with Crippen LogP contribution in [0.15, 0.2) is 59.7 Å². The van der Waals surface area contributed by atoms with Crippen LogP contribution in [0.3, 0.4) is 0 Å². The Morgan fingerprint density at radius 3 is 2.55 bits per heavy atom. The van der Waals surface area contributed by atoms with Crippen LogP contribution in [0.4, 0.5) is 0 Å². The first kappa shape index (κ1) is 20.2. The fourth-order valence-corrected chi connectivity index (χ4v) is 3.01. The number of benzene rings is 2. The summed E-state index contributed by atoms with van der Waals surface area (Å²) in [5.41, 5.74) is 6.92. The van der Waals surface area contributed by atoms with Gasteiger partial charge in [-0.25, -0.2) is 5.43 Å². The molecule has 3 aromatic rings. The maximum atomic E-state index is 11.9. The third kappa shape index (κ3) is 5.03. The monoisotopic (exact) mass is 406 g/mol. The van der Waals surface area contributed by atoms with Crippen LogP contribution in [-0.2, 0) is 4.79 Å². The predicted octanol–water partition coefficient (Wildman–Crippen LogP) is 4.15. The van der Waals surface area contributed by atoms with E-state index in [0.29, 0.717) is 16.3 Å². The highest BCUT2D eigenvalue weighted by Crippen LogP contribution is 2.21. The smallest absolute Gasteiger partial charge is 0.277 e. The molecule has 0 aliphatic carbocycles. The van der Waals surface area contributed by atoms with E-state index in [4.69, 9.17) is 21.6 Å². The average Bonchev–Trinajstić information content (AvgIpc) is 3.01. The molecular weight excluding hydrogens is 388 g/mol. The van der Waals surface area contributed by atoms with Crippen LogP contribution < -0.4 is 10.2 Å². The van der Waals surface area contributed by atoms with E-state index < -0.39 is 0 Å². The number of carbonyl (C=O) groups excluding carboxylic acids is 1. The lowest BCUT2D eigenvalue weighted by molar-refractivity contribution is -0.123. The Bertz CT molecular complexity index is 1080. The van der Waals surface area contributed by atoms with E-state index in [0.717, 1.165) is 22.6 Å². The number of hydrogen-bond donors (Lipinski definition) is 1. The highest BCUT2D eigenvalue weighted by molar-refractivity contribution is 6.30. The third-order valence-corrected chi connectivity index (χ3v) is 4.55. The van der Waals surface area contributed by atoms with Gasteiger partial charge in [0.05, 0.1) is 17.8 Å². The van der Waals surface area contributed by atoms with Crippen molar-refractivity contribution in [3.05, 3.63) is 82.1 Å². The van der Waals surface area contributed by atoms with Crippen molar-refractivity contribution in [2.45, 2.75) is 13.8 Å². The molecule has 0 spiro atoms. The zero-order chi connectivity index (χ0) is 20.8. The summed E-state index contributed by atoms with van der Waals surface area (Å²) in [6.07, 6.45) is 1.61. The Balaban J connectivity index is 1.60. The second kappa shape index (κ2) is 9.09. The van der Waals surface area contributed by atoms with Gasteiger partial charge in [-0.05, 0) is 68.4 Å². The summed E-state index contributed by atoms with van der Waals surface area (Å²) >= 11 is 5.97. The van der Waals surface area contributed by atoms with Gasteiger partial charge in [0, 0.05) is 27.7 Å². The molecule has 146 valence electrons. The van der Waals surface area contributed by atoms with Gasteiger partial charge in [0.2, 0.25) is 0 Å². The fraction of sp³-hybridized carbons (Fsp3) is 0.136. The summed E-state index contributed by atoms with van der Waals surface area (Å²) in [4.78, 5) is 11.9. The van der Waals surface area contributed by atoms with Crippen molar-refractivity contribution >= 4 is 23.7 Å². The third-order valence-electron chi connectivity index (χ3n) is 4.30. The summed E-state index contributed by atoms with van der Waals surface area (Å²) in [5, 5.41) is 13.5. The van der Waals surface area contributed by atoms with Crippen LogP contribution >= 0.6 is 11.6 Å². The van der Waals surface area contributed by atoms with Crippen LogP contribution in [0.2, 0.25) is 5.02 Å². The number of nitrogens with one attached hydrogen (secondary N) is 1. The fourth-order valence-electron chi connectivity index (χ4n) is 2.89. The van der Waals surface area contributed by atoms with Crippen molar-refractivity contribution in [1.29, 1.82) is 5.26 Å². The number of aromatic nitrogens is 1. The van der Waals surface area contributed by atoms with Gasteiger partial charge in [-0.1, -0.05) is 11.6 Å². The minimum absolute atomic E-state index is 0.174. The number of rotatable bonds is 6. The van der Waals surface area contributed by atoms with Crippen LogP contribution in [0, 0.1) is 25.2 Å². The van der Waals surface area contributed by atoms with Crippen molar-refractivity contribution in [2.24, 2.45) is 5.10 Å². The van der Waals surface area contributed by atoms with Crippen LogP contribution in [0.5, 0.6) is 5.75 Å². The quantitative estimate of drug-likeness (QED) is 0.493. The van der Waals surface area contributed by atoms with E-state index in [-0.39, 0.29) is 12.5 Å². The largest absolute Gasteiger partial charge is 0.484 e. The molecule has 0 fully saturated rings. The van der Waals surface area contributed by atoms with Gasteiger partial charge in [-0.3, -0.25) is 4.79 Å². The average molecular weight is 407 g/mol. The molecule has 1 heterocycles. The van der Waals surface area contributed by atoms with Crippen LogP contribution in [0.25, 0.3) is 5.69 Å². The lowest BCUT2D eigenvalue weighted by Crippen LogP contribution is -2.24. The second-order valence-corrected chi connectivity index (χ2v) is 6.79. The summed E-state index contributed by atoms with van der Waals surface area (Å²) < 4.78 is 7.47. The first-order valence-electron chi connectivity index (χ1n) is 8.87. The highest BCUT2D eigenvalue weighted by atomic mass is 35.5. The van der Waals surface area contributed by atoms with E-state index in [9.17, 15) is 4.79 Å². The molecule has 0 bridgehead atoms. The van der Waals surface area contributed by atoms with Crippen molar-refractivity contribution < 1.29 is 9.53 Å². The summed E-state index contributed by atoms with van der Waals surface area (Å²) in [5.74, 6) is 0.131. The lowest BCUT2D eigenvalue weighted by Gasteiger charge is -2.09. The molecule has 3 rings (SSSR count). The Morgan fingerprint density at radius 2 is 1.90 bits per heavy atom. The number of aryl methyl sites for hydroxylation is 1. The molecule has 0 saturated carbocycles. The van der Waals surface area contributed by atoms with Crippen molar-refractivity contribution in [3.63, 3.8) is 0 Å².